The van der Waals surface area contributed by atoms with Gasteiger partial charge in [-0.15, -0.1) is 0 Å². The minimum atomic E-state index is -0.459. The molecule has 1 fully saturated rings. The number of ether oxygens (including phenoxy) is 1. The van der Waals surface area contributed by atoms with E-state index in [0.29, 0.717) is 0 Å². The molecule has 0 aliphatic carbocycles. The molecule has 1 saturated heterocycles. The van der Waals surface area contributed by atoms with Gasteiger partial charge in [0.1, 0.15) is 11.6 Å². The monoisotopic (exact) mass is 309 g/mol. The first-order valence-corrected chi connectivity index (χ1v) is 8.03. The smallest absolute Gasteiger partial charge is 0.325 e. The second-order valence-electron chi connectivity index (χ2n) is 6.99. The van der Waals surface area contributed by atoms with Crippen LogP contribution >= 0.6 is 0 Å². The molecule has 3 nitrogen and oxygen atoms in total. The number of carbonyl (C=O) groups excluding carboxylic acids is 1. The Balaban J connectivity index is 1.79. The van der Waals surface area contributed by atoms with Gasteiger partial charge in [0.2, 0.25) is 0 Å². The number of hydrogen-bond donors (Lipinski definition) is 0. The highest BCUT2D eigenvalue weighted by Gasteiger charge is 2.54. The van der Waals surface area contributed by atoms with Crippen LogP contribution in [0.5, 0.6) is 0 Å². The van der Waals surface area contributed by atoms with E-state index in [1.54, 1.807) is 0 Å². The lowest BCUT2D eigenvalue weighted by molar-refractivity contribution is -0.155. The third-order valence-corrected chi connectivity index (χ3v) is 3.92. The zero-order chi connectivity index (χ0) is 16.4. The molecular weight excluding hydrogens is 286 g/mol. The quantitative estimate of drug-likeness (QED) is 0.632. The molecule has 0 amide bonds. The molecule has 0 aromatic heterocycles. The minimum absolute atomic E-state index is 0.103. The lowest BCUT2D eigenvalue weighted by atomic mass is 10.1. The van der Waals surface area contributed by atoms with E-state index in [0.717, 1.165) is 6.54 Å². The van der Waals surface area contributed by atoms with E-state index in [1.165, 1.54) is 11.1 Å². The number of nitrogens with zero attached hydrogens (tertiary/aromatic N) is 1. The van der Waals surface area contributed by atoms with Crippen LogP contribution in [0.4, 0.5) is 0 Å². The molecule has 3 atom stereocenters. The standard InChI is InChI=1S/C20H23NO2/c1-20(2,3)23-19(22)18-17(16-12-8-5-9-13-16)21(18)14-15-10-6-4-7-11-15/h4-13,17-18H,14H2,1-3H3. The fourth-order valence-corrected chi connectivity index (χ4v) is 2.92. The topological polar surface area (TPSA) is 29.3 Å². The Morgan fingerprint density at radius 3 is 2.13 bits per heavy atom. The molecule has 0 N–H and O–H groups in total. The van der Waals surface area contributed by atoms with E-state index < -0.39 is 5.60 Å². The predicted molar refractivity (Wildman–Crippen MR) is 90.8 cm³/mol. The largest absolute Gasteiger partial charge is 0.459 e. The van der Waals surface area contributed by atoms with Crippen molar-refractivity contribution in [3.05, 3.63) is 71.8 Å². The normalized spacial score (nSPS) is 23.3. The van der Waals surface area contributed by atoms with Crippen molar-refractivity contribution in [3.8, 4) is 0 Å². The van der Waals surface area contributed by atoms with E-state index in [2.05, 4.69) is 29.2 Å². The Morgan fingerprint density at radius 2 is 1.57 bits per heavy atom. The van der Waals surface area contributed by atoms with Crippen molar-refractivity contribution in [2.45, 2.75) is 45.0 Å². The van der Waals surface area contributed by atoms with Crippen molar-refractivity contribution >= 4 is 5.97 Å². The molecule has 1 aliphatic heterocycles. The van der Waals surface area contributed by atoms with Gasteiger partial charge in [-0.25, -0.2) is 0 Å². The Kier molecular flexibility index (Phi) is 4.22. The van der Waals surface area contributed by atoms with Gasteiger partial charge in [-0.3, -0.25) is 9.69 Å². The number of carbonyl (C=O) groups is 1. The highest BCUT2D eigenvalue weighted by atomic mass is 16.6. The summed E-state index contributed by atoms with van der Waals surface area (Å²) in [6.07, 6.45) is 0. The van der Waals surface area contributed by atoms with Gasteiger partial charge in [-0.2, -0.15) is 0 Å². The zero-order valence-electron chi connectivity index (χ0n) is 13.9. The van der Waals surface area contributed by atoms with Gasteiger partial charge >= 0.3 is 5.97 Å². The zero-order valence-corrected chi connectivity index (χ0v) is 13.9. The molecule has 3 unspecified atom stereocenters. The summed E-state index contributed by atoms with van der Waals surface area (Å²) >= 11 is 0. The maximum Gasteiger partial charge on any atom is 0.325 e. The SMILES string of the molecule is CC(C)(C)OC(=O)C1C(c2ccccc2)N1Cc1ccccc1. The third kappa shape index (κ3) is 3.80. The minimum Gasteiger partial charge on any atom is -0.459 e. The average molecular weight is 309 g/mol. The number of rotatable bonds is 4. The summed E-state index contributed by atoms with van der Waals surface area (Å²) in [7, 11) is 0. The van der Waals surface area contributed by atoms with Gasteiger partial charge in [-0.1, -0.05) is 60.7 Å². The summed E-state index contributed by atoms with van der Waals surface area (Å²) in [5.41, 5.74) is 1.91. The summed E-state index contributed by atoms with van der Waals surface area (Å²) in [5.74, 6) is -0.137. The van der Waals surface area contributed by atoms with Crippen LogP contribution in [-0.2, 0) is 16.1 Å². The Bertz CT molecular complexity index is 661. The van der Waals surface area contributed by atoms with Crippen molar-refractivity contribution in [3.63, 3.8) is 0 Å². The maximum absolute atomic E-state index is 12.5. The van der Waals surface area contributed by atoms with Crippen molar-refractivity contribution < 1.29 is 9.53 Å². The van der Waals surface area contributed by atoms with Crippen LogP contribution in [0, 0.1) is 0 Å². The molecule has 0 bridgehead atoms. The summed E-state index contributed by atoms with van der Waals surface area (Å²) in [6.45, 7) is 6.48. The van der Waals surface area contributed by atoms with Crippen molar-refractivity contribution in [1.29, 1.82) is 0 Å². The van der Waals surface area contributed by atoms with Crippen LogP contribution in [0.1, 0.15) is 37.9 Å². The molecule has 23 heavy (non-hydrogen) atoms. The second kappa shape index (κ2) is 6.17. The lowest BCUT2D eigenvalue weighted by Gasteiger charge is -2.19. The second-order valence-corrected chi connectivity index (χ2v) is 6.99. The van der Waals surface area contributed by atoms with Crippen LogP contribution in [-0.4, -0.2) is 22.5 Å². The van der Waals surface area contributed by atoms with Gasteiger partial charge < -0.3 is 4.74 Å². The molecule has 3 heteroatoms. The highest BCUT2D eigenvalue weighted by Crippen LogP contribution is 2.45. The van der Waals surface area contributed by atoms with E-state index in [9.17, 15) is 4.79 Å². The van der Waals surface area contributed by atoms with Crippen molar-refractivity contribution in [1.82, 2.24) is 4.90 Å². The van der Waals surface area contributed by atoms with Crippen LogP contribution < -0.4 is 0 Å². The van der Waals surface area contributed by atoms with Crippen LogP contribution in [0.15, 0.2) is 60.7 Å². The molecule has 2 aromatic carbocycles. The summed E-state index contributed by atoms with van der Waals surface area (Å²) in [5, 5.41) is 0. The van der Waals surface area contributed by atoms with Gasteiger partial charge in [0.25, 0.3) is 0 Å². The molecule has 0 spiro atoms. The average Bonchev–Trinajstić information content (AvgIpc) is 3.21. The van der Waals surface area contributed by atoms with Crippen LogP contribution in [0.3, 0.4) is 0 Å². The van der Waals surface area contributed by atoms with Crippen molar-refractivity contribution in [2.24, 2.45) is 0 Å². The Hall–Kier alpha value is -2.13. The Morgan fingerprint density at radius 1 is 1.00 bits per heavy atom. The molecule has 120 valence electrons. The fourth-order valence-electron chi connectivity index (χ4n) is 2.92. The summed E-state index contributed by atoms with van der Waals surface area (Å²) < 4.78 is 5.60. The van der Waals surface area contributed by atoms with Crippen molar-refractivity contribution in [2.75, 3.05) is 0 Å². The van der Waals surface area contributed by atoms with E-state index in [1.807, 2.05) is 57.2 Å². The first-order chi connectivity index (χ1) is 11.0. The number of hydrogen-bond acceptors (Lipinski definition) is 3. The molecule has 0 radical (unpaired) electrons. The predicted octanol–water partition coefficient (Wildman–Crippen LogP) is 3.95. The van der Waals surface area contributed by atoms with Gasteiger partial charge in [0.15, 0.2) is 0 Å². The third-order valence-electron chi connectivity index (χ3n) is 3.92. The van der Waals surface area contributed by atoms with Crippen LogP contribution in [0.25, 0.3) is 0 Å². The molecule has 2 aromatic rings. The molecule has 3 rings (SSSR count). The highest BCUT2D eigenvalue weighted by molar-refractivity contribution is 5.81. The molecule has 0 saturated carbocycles. The molecular formula is C20H23NO2. The summed E-state index contributed by atoms with van der Waals surface area (Å²) in [4.78, 5) is 14.7. The lowest BCUT2D eigenvalue weighted by Crippen LogP contribution is -2.28. The van der Waals surface area contributed by atoms with Gasteiger partial charge in [0.05, 0.1) is 6.04 Å². The maximum atomic E-state index is 12.5. The van der Waals surface area contributed by atoms with Gasteiger partial charge in [0, 0.05) is 6.54 Å². The number of benzene rings is 2. The summed E-state index contributed by atoms with van der Waals surface area (Å²) in [6, 6.07) is 20.3. The fraction of sp³-hybridized carbons (Fsp3) is 0.350. The molecule has 1 heterocycles. The number of esters is 1. The van der Waals surface area contributed by atoms with Crippen LogP contribution in [0.2, 0.25) is 0 Å². The first-order valence-electron chi connectivity index (χ1n) is 8.03. The molecule has 1 aliphatic rings. The Labute approximate surface area is 137 Å². The first kappa shape index (κ1) is 15.8. The van der Waals surface area contributed by atoms with Gasteiger partial charge in [-0.05, 0) is 31.9 Å². The van der Waals surface area contributed by atoms with E-state index in [-0.39, 0.29) is 18.1 Å². The van der Waals surface area contributed by atoms with E-state index >= 15 is 0 Å². The van der Waals surface area contributed by atoms with E-state index in [4.69, 9.17) is 4.74 Å².